The van der Waals surface area contributed by atoms with Crippen molar-refractivity contribution < 1.29 is 19.4 Å². The molecule has 3 heterocycles. The number of thiophene rings is 1. The average molecular weight is 400 g/mol. The standard InChI is InChI=1S/C22H25NO4S/c1-14-2-4-15(5-3-14)17-9-13-28-20(17)21(24)23-10-6-16(7-11-23)19-18(22(25)26)8-12-27-19/h2-5,9,13,16,18-19H,6-8,10-12H2,1H3,(H,25,26)/t18?,19-/m0/s1. The van der Waals surface area contributed by atoms with Gasteiger partial charge in [-0.25, -0.2) is 0 Å². The second-order valence-electron chi connectivity index (χ2n) is 7.73. The van der Waals surface area contributed by atoms with E-state index in [1.165, 1.54) is 16.9 Å². The van der Waals surface area contributed by atoms with Gasteiger partial charge in [-0.1, -0.05) is 29.8 Å². The fourth-order valence-electron chi connectivity index (χ4n) is 4.35. The monoisotopic (exact) mass is 399 g/mol. The van der Waals surface area contributed by atoms with E-state index in [9.17, 15) is 14.7 Å². The minimum atomic E-state index is -0.762. The lowest BCUT2D eigenvalue weighted by atomic mass is 9.84. The van der Waals surface area contributed by atoms with Crippen LogP contribution in [0.1, 0.15) is 34.5 Å². The minimum Gasteiger partial charge on any atom is -0.481 e. The molecule has 0 saturated carbocycles. The highest BCUT2D eigenvalue weighted by Gasteiger charge is 2.41. The third kappa shape index (κ3) is 3.71. The molecule has 1 unspecified atom stereocenters. The Balaban J connectivity index is 1.43. The smallest absolute Gasteiger partial charge is 0.309 e. The van der Waals surface area contributed by atoms with Gasteiger partial charge in [0.25, 0.3) is 5.91 Å². The van der Waals surface area contributed by atoms with Crippen molar-refractivity contribution in [2.75, 3.05) is 19.7 Å². The lowest BCUT2D eigenvalue weighted by Gasteiger charge is -2.35. The van der Waals surface area contributed by atoms with E-state index >= 15 is 0 Å². The Morgan fingerprint density at radius 3 is 2.50 bits per heavy atom. The van der Waals surface area contributed by atoms with Crippen molar-refractivity contribution in [1.29, 1.82) is 0 Å². The first-order chi connectivity index (χ1) is 13.5. The second-order valence-corrected chi connectivity index (χ2v) is 8.64. The molecule has 2 aliphatic rings. The summed E-state index contributed by atoms with van der Waals surface area (Å²) in [4.78, 5) is 27.3. The van der Waals surface area contributed by atoms with Crippen LogP contribution in [0.5, 0.6) is 0 Å². The van der Waals surface area contributed by atoms with Crippen LogP contribution in [-0.2, 0) is 9.53 Å². The second kappa shape index (κ2) is 8.05. The molecule has 6 heteroatoms. The number of piperidine rings is 1. The Labute approximate surface area is 168 Å². The maximum absolute atomic E-state index is 13.1. The van der Waals surface area contributed by atoms with Crippen molar-refractivity contribution in [2.24, 2.45) is 11.8 Å². The van der Waals surface area contributed by atoms with Gasteiger partial charge in [-0.05, 0) is 49.1 Å². The highest BCUT2D eigenvalue weighted by Crippen LogP contribution is 2.35. The Morgan fingerprint density at radius 1 is 1.11 bits per heavy atom. The fourth-order valence-corrected chi connectivity index (χ4v) is 5.23. The molecule has 1 aromatic heterocycles. The zero-order valence-corrected chi connectivity index (χ0v) is 16.8. The van der Waals surface area contributed by atoms with Crippen LogP contribution in [0.15, 0.2) is 35.7 Å². The van der Waals surface area contributed by atoms with Crippen LogP contribution in [0.25, 0.3) is 11.1 Å². The van der Waals surface area contributed by atoms with Crippen LogP contribution in [0, 0.1) is 18.8 Å². The van der Waals surface area contributed by atoms with Crippen molar-refractivity contribution in [3.63, 3.8) is 0 Å². The summed E-state index contributed by atoms with van der Waals surface area (Å²) in [6.07, 6.45) is 1.98. The zero-order chi connectivity index (χ0) is 19.7. The molecule has 0 aliphatic carbocycles. The van der Waals surface area contributed by atoms with Gasteiger partial charge in [-0.15, -0.1) is 11.3 Å². The third-order valence-corrected chi connectivity index (χ3v) is 6.87. The normalized spacial score (nSPS) is 23.1. The number of aliphatic carboxylic acids is 1. The number of carbonyl (C=O) groups excluding carboxylic acids is 1. The van der Waals surface area contributed by atoms with E-state index in [1.54, 1.807) is 0 Å². The van der Waals surface area contributed by atoms with E-state index in [0.29, 0.717) is 26.1 Å². The van der Waals surface area contributed by atoms with Gasteiger partial charge in [-0.3, -0.25) is 9.59 Å². The summed E-state index contributed by atoms with van der Waals surface area (Å²) in [5.41, 5.74) is 3.25. The summed E-state index contributed by atoms with van der Waals surface area (Å²) >= 11 is 1.49. The van der Waals surface area contributed by atoms with Crippen molar-refractivity contribution in [3.05, 3.63) is 46.2 Å². The zero-order valence-electron chi connectivity index (χ0n) is 16.0. The molecule has 28 heavy (non-hydrogen) atoms. The number of likely N-dealkylation sites (tertiary alicyclic amines) is 1. The highest BCUT2D eigenvalue weighted by molar-refractivity contribution is 7.12. The van der Waals surface area contributed by atoms with Crippen LogP contribution in [0.4, 0.5) is 0 Å². The van der Waals surface area contributed by atoms with Crippen molar-refractivity contribution in [2.45, 2.75) is 32.3 Å². The average Bonchev–Trinajstić information content (AvgIpc) is 3.38. The van der Waals surface area contributed by atoms with Crippen molar-refractivity contribution >= 4 is 23.2 Å². The number of carbonyl (C=O) groups is 2. The van der Waals surface area contributed by atoms with Crippen LogP contribution >= 0.6 is 11.3 Å². The molecule has 1 amide bonds. The number of rotatable bonds is 4. The van der Waals surface area contributed by atoms with E-state index in [2.05, 4.69) is 31.2 Å². The molecule has 4 rings (SSSR count). The van der Waals surface area contributed by atoms with E-state index in [4.69, 9.17) is 4.74 Å². The SMILES string of the molecule is Cc1ccc(-c2ccsc2C(=O)N2CCC([C@@H]3OCCC3C(=O)O)CC2)cc1. The Hall–Kier alpha value is -2.18. The van der Waals surface area contributed by atoms with Crippen LogP contribution in [0.3, 0.4) is 0 Å². The molecule has 1 N–H and O–H groups in total. The molecule has 2 aromatic rings. The third-order valence-electron chi connectivity index (χ3n) is 5.97. The van der Waals surface area contributed by atoms with Gasteiger partial charge in [0, 0.05) is 25.3 Å². The number of carboxylic acid groups (broad SMARTS) is 1. The van der Waals surface area contributed by atoms with Crippen molar-refractivity contribution in [3.8, 4) is 11.1 Å². The van der Waals surface area contributed by atoms with Gasteiger partial charge in [0.1, 0.15) is 0 Å². The predicted octanol–water partition coefficient (Wildman–Crippen LogP) is 4.07. The van der Waals surface area contributed by atoms with Gasteiger partial charge in [-0.2, -0.15) is 0 Å². The molecule has 0 radical (unpaired) electrons. The Kier molecular flexibility index (Phi) is 5.51. The summed E-state index contributed by atoms with van der Waals surface area (Å²) in [6.45, 7) is 3.88. The molecular formula is C22H25NO4S. The number of benzene rings is 1. The summed E-state index contributed by atoms with van der Waals surface area (Å²) < 4.78 is 5.74. The quantitative estimate of drug-likeness (QED) is 0.842. The maximum atomic E-state index is 13.1. The molecule has 5 nitrogen and oxygen atoms in total. The van der Waals surface area contributed by atoms with Gasteiger partial charge >= 0.3 is 5.97 Å². The number of hydrogen-bond donors (Lipinski definition) is 1. The molecule has 2 aliphatic heterocycles. The van der Waals surface area contributed by atoms with Crippen LogP contribution in [0.2, 0.25) is 0 Å². The molecule has 0 bridgehead atoms. The summed E-state index contributed by atoms with van der Waals surface area (Å²) in [6, 6.07) is 10.3. The number of aryl methyl sites for hydroxylation is 1. The maximum Gasteiger partial charge on any atom is 0.309 e. The molecule has 2 atom stereocenters. The Bertz CT molecular complexity index is 852. The minimum absolute atomic E-state index is 0.0751. The van der Waals surface area contributed by atoms with Crippen LogP contribution in [-0.4, -0.2) is 47.7 Å². The van der Waals surface area contributed by atoms with E-state index in [-0.39, 0.29) is 17.9 Å². The Morgan fingerprint density at radius 2 is 1.82 bits per heavy atom. The summed E-state index contributed by atoms with van der Waals surface area (Å²) in [5.74, 6) is -0.876. The van der Waals surface area contributed by atoms with Gasteiger partial charge < -0.3 is 14.7 Å². The molecule has 2 fully saturated rings. The van der Waals surface area contributed by atoms with Crippen molar-refractivity contribution in [1.82, 2.24) is 4.90 Å². The largest absolute Gasteiger partial charge is 0.481 e. The van der Waals surface area contributed by atoms with E-state index in [0.717, 1.165) is 28.8 Å². The topological polar surface area (TPSA) is 66.8 Å². The van der Waals surface area contributed by atoms with Gasteiger partial charge in [0.05, 0.1) is 16.9 Å². The van der Waals surface area contributed by atoms with Gasteiger partial charge in [0.15, 0.2) is 0 Å². The number of amides is 1. The number of carboxylic acids is 1. The summed E-state index contributed by atoms with van der Waals surface area (Å²) in [7, 11) is 0. The first-order valence-electron chi connectivity index (χ1n) is 9.83. The fraction of sp³-hybridized carbons (Fsp3) is 0.455. The molecule has 2 saturated heterocycles. The molecular weight excluding hydrogens is 374 g/mol. The van der Waals surface area contributed by atoms with Gasteiger partial charge in [0.2, 0.25) is 0 Å². The first kappa shape index (κ1) is 19.2. The highest BCUT2D eigenvalue weighted by atomic mass is 32.1. The molecule has 1 aromatic carbocycles. The molecule has 148 valence electrons. The molecule has 0 spiro atoms. The lowest BCUT2D eigenvalue weighted by Crippen LogP contribution is -2.43. The van der Waals surface area contributed by atoms with Crippen LogP contribution < -0.4 is 0 Å². The van der Waals surface area contributed by atoms with E-state index < -0.39 is 11.9 Å². The predicted molar refractivity (Wildman–Crippen MR) is 109 cm³/mol. The summed E-state index contributed by atoms with van der Waals surface area (Å²) in [5, 5.41) is 11.4. The number of hydrogen-bond acceptors (Lipinski definition) is 4. The lowest BCUT2D eigenvalue weighted by molar-refractivity contribution is -0.145. The number of nitrogens with zero attached hydrogens (tertiary/aromatic N) is 1. The van der Waals surface area contributed by atoms with E-state index in [1.807, 2.05) is 16.3 Å². The first-order valence-corrected chi connectivity index (χ1v) is 10.7. The number of ether oxygens (including phenoxy) is 1.